The Bertz CT molecular complexity index is 186. The van der Waals surface area contributed by atoms with Crippen molar-refractivity contribution in [2.75, 3.05) is 0 Å². The van der Waals surface area contributed by atoms with Crippen LogP contribution in [-0.4, -0.2) is 17.2 Å². The molecule has 14 heavy (non-hydrogen) atoms. The first kappa shape index (κ1) is 11.3. The first-order chi connectivity index (χ1) is 6.76. The number of aliphatic imine (C=N–C) groups is 1. The van der Waals surface area contributed by atoms with Gasteiger partial charge in [0.1, 0.15) is 0 Å². The molecule has 0 unspecified atom stereocenters. The highest BCUT2D eigenvalue weighted by Gasteiger charge is 2.19. The Morgan fingerprint density at radius 3 is 2.57 bits per heavy atom. The van der Waals surface area contributed by atoms with E-state index in [9.17, 15) is 0 Å². The molecule has 1 aliphatic rings. The van der Waals surface area contributed by atoms with Gasteiger partial charge in [0.15, 0.2) is 0 Å². The summed E-state index contributed by atoms with van der Waals surface area (Å²) in [5, 5.41) is 8.50. The lowest BCUT2D eigenvalue weighted by molar-refractivity contribution is 0.230. The van der Waals surface area contributed by atoms with Gasteiger partial charge in [-0.3, -0.25) is 5.21 Å². The molecular weight excluding hydrogens is 178 g/mol. The van der Waals surface area contributed by atoms with Crippen LogP contribution in [0.3, 0.4) is 0 Å². The number of nitrogens with zero attached hydrogens (tertiary/aromatic N) is 1. The summed E-state index contributed by atoms with van der Waals surface area (Å²) < 4.78 is 0. The van der Waals surface area contributed by atoms with E-state index in [1.165, 1.54) is 25.7 Å². The minimum atomic E-state index is 0.143. The summed E-state index contributed by atoms with van der Waals surface area (Å²) in [4.78, 5) is 4.18. The Morgan fingerprint density at radius 2 is 2.07 bits per heavy atom. The van der Waals surface area contributed by atoms with Crippen molar-refractivity contribution < 1.29 is 5.21 Å². The first-order valence-electron chi connectivity index (χ1n) is 5.49. The van der Waals surface area contributed by atoms with Gasteiger partial charge in [-0.25, -0.2) is 10.5 Å². The van der Waals surface area contributed by atoms with Crippen molar-refractivity contribution >= 4 is 5.96 Å². The van der Waals surface area contributed by atoms with E-state index in [0.29, 0.717) is 6.04 Å². The molecule has 4 N–H and O–H groups in total. The number of hydroxylamine groups is 1. The van der Waals surface area contributed by atoms with Gasteiger partial charge in [-0.1, -0.05) is 19.8 Å². The molecule has 0 radical (unpaired) electrons. The van der Waals surface area contributed by atoms with Crippen molar-refractivity contribution in [3.05, 3.63) is 0 Å². The summed E-state index contributed by atoms with van der Waals surface area (Å²) in [5.41, 5.74) is 7.26. The molecule has 0 aromatic heterocycles. The van der Waals surface area contributed by atoms with Crippen molar-refractivity contribution in [2.24, 2.45) is 16.6 Å². The summed E-state index contributed by atoms with van der Waals surface area (Å²) in [7, 11) is 0. The van der Waals surface area contributed by atoms with Crippen molar-refractivity contribution in [1.82, 2.24) is 5.48 Å². The van der Waals surface area contributed by atoms with Crippen LogP contribution in [0.4, 0.5) is 0 Å². The Kier molecular flexibility index (Phi) is 4.73. The van der Waals surface area contributed by atoms with Crippen LogP contribution in [0.5, 0.6) is 0 Å². The van der Waals surface area contributed by atoms with Gasteiger partial charge in [0, 0.05) is 0 Å². The number of hydrogen-bond donors (Lipinski definition) is 3. The van der Waals surface area contributed by atoms with Crippen LogP contribution in [0.25, 0.3) is 0 Å². The molecule has 0 aromatic rings. The molecule has 0 aromatic carbocycles. The largest absolute Gasteiger partial charge is 0.368 e. The molecule has 4 heteroatoms. The lowest BCUT2D eigenvalue weighted by Crippen LogP contribution is -2.31. The summed E-state index contributed by atoms with van der Waals surface area (Å²) in [5.74, 6) is 1.03. The SMILES string of the molecule is CCCC1CCC(N=C(N)NO)CC1. The highest BCUT2D eigenvalue weighted by Crippen LogP contribution is 2.29. The topological polar surface area (TPSA) is 70.6 Å². The van der Waals surface area contributed by atoms with Crippen molar-refractivity contribution in [3.8, 4) is 0 Å². The molecule has 0 saturated heterocycles. The third-order valence-corrected chi connectivity index (χ3v) is 2.95. The van der Waals surface area contributed by atoms with E-state index in [1.54, 1.807) is 0 Å². The maximum atomic E-state index is 8.50. The van der Waals surface area contributed by atoms with Gasteiger partial charge in [0.25, 0.3) is 0 Å². The standard InChI is InChI=1S/C10H21N3O/c1-2-3-8-4-6-9(7-5-8)12-10(11)13-14/h8-9,14H,2-7H2,1H3,(H3,11,12,13). The zero-order valence-electron chi connectivity index (χ0n) is 8.87. The number of nitrogens with two attached hydrogens (primary N) is 1. The maximum absolute atomic E-state index is 8.50. The number of nitrogens with one attached hydrogen (secondary N) is 1. The maximum Gasteiger partial charge on any atom is 0.213 e. The van der Waals surface area contributed by atoms with E-state index in [0.717, 1.165) is 18.8 Å². The minimum Gasteiger partial charge on any atom is -0.368 e. The van der Waals surface area contributed by atoms with Gasteiger partial charge in [-0.2, -0.15) is 0 Å². The molecule has 1 fully saturated rings. The fourth-order valence-electron chi connectivity index (χ4n) is 2.20. The highest BCUT2D eigenvalue weighted by molar-refractivity contribution is 5.76. The molecule has 0 heterocycles. The Balaban J connectivity index is 2.28. The van der Waals surface area contributed by atoms with E-state index in [1.807, 2.05) is 5.48 Å². The molecule has 82 valence electrons. The van der Waals surface area contributed by atoms with E-state index in [4.69, 9.17) is 10.9 Å². The Labute approximate surface area is 85.6 Å². The quantitative estimate of drug-likeness (QED) is 0.367. The van der Waals surface area contributed by atoms with Gasteiger partial charge in [-0.05, 0) is 31.6 Å². The Morgan fingerprint density at radius 1 is 1.43 bits per heavy atom. The zero-order valence-corrected chi connectivity index (χ0v) is 8.87. The predicted octanol–water partition coefficient (Wildman–Crippen LogP) is 1.64. The van der Waals surface area contributed by atoms with Gasteiger partial charge in [0.05, 0.1) is 6.04 Å². The van der Waals surface area contributed by atoms with E-state index in [2.05, 4.69) is 11.9 Å². The molecule has 1 rings (SSSR count). The van der Waals surface area contributed by atoms with Crippen LogP contribution in [0.2, 0.25) is 0 Å². The summed E-state index contributed by atoms with van der Waals surface area (Å²) in [6.45, 7) is 2.23. The number of guanidine groups is 1. The van der Waals surface area contributed by atoms with Crippen LogP contribution in [0.1, 0.15) is 45.4 Å². The molecular formula is C10H21N3O. The lowest BCUT2D eigenvalue weighted by Gasteiger charge is -2.25. The van der Waals surface area contributed by atoms with Gasteiger partial charge in [0.2, 0.25) is 5.96 Å². The smallest absolute Gasteiger partial charge is 0.213 e. The molecule has 4 nitrogen and oxygen atoms in total. The van der Waals surface area contributed by atoms with Gasteiger partial charge in [-0.15, -0.1) is 0 Å². The summed E-state index contributed by atoms with van der Waals surface area (Å²) in [6.07, 6.45) is 7.32. The van der Waals surface area contributed by atoms with Crippen LogP contribution in [0, 0.1) is 5.92 Å². The summed E-state index contributed by atoms with van der Waals surface area (Å²) >= 11 is 0. The fraction of sp³-hybridized carbons (Fsp3) is 0.900. The summed E-state index contributed by atoms with van der Waals surface area (Å²) in [6, 6.07) is 0.308. The van der Waals surface area contributed by atoms with Crippen molar-refractivity contribution in [2.45, 2.75) is 51.5 Å². The van der Waals surface area contributed by atoms with Gasteiger partial charge >= 0.3 is 0 Å². The predicted molar refractivity (Wildman–Crippen MR) is 57.2 cm³/mol. The molecule has 1 saturated carbocycles. The van der Waals surface area contributed by atoms with Gasteiger partial charge < -0.3 is 5.73 Å². The molecule has 0 atom stereocenters. The van der Waals surface area contributed by atoms with E-state index >= 15 is 0 Å². The van der Waals surface area contributed by atoms with Crippen LogP contribution >= 0.6 is 0 Å². The lowest BCUT2D eigenvalue weighted by atomic mass is 9.84. The average Bonchev–Trinajstić information content (AvgIpc) is 2.21. The van der Waals surface area contributed by atoms with Crippen LogP contribution in [-0.2, 0) is 0 Å². The van der Waals surface area contributed by atoms with Crippen LogP contribution < -0.4 is 11.2 Å². The second-order valence-electron chi connectivity index (χ2n) is 4.09. The number of rotatable bonds is 3. The van der Waals surface area contributed by atoms with Crippen molar-refractivity contribution in [1.29, 1.82) is 0 Å². The number of hydrogen-bond acceptors (Lipinski definition) is 2. The molecule has 1 aliphatic carbocycles. The van der Waals surface area contributed by atoms with Crippen molar-refractivity contribution in [3.63, 3.8) is 0 Å². The van der Waals surface area contributed by atoms with E-state index < -0.39 is 0 Å². The molecule has 0 bridgehead atoms. The monoisotopic (exact) mass is 199 g/mol. The Hall–Kier alpha value is -0.770. The second kappa shape index (κ2) is 5.86. The molecule has 0 spiro atoms. The highest BCUT2D eigenvalue weighted by atomic mass is 16.5. The molecule has 0 amide bonds. The third kappa shape index (κ3) is 3.54. The fourth-order valence-corrected chi connectivity index (χ4v) is 2.20. The zero-order chi connectivity index (χ0) is 10.4. The minimum absolute atomic E-state index is 0.143. The average molecular weight is 199 g/mol. The second-order valence-corrected chi connectivity index (χ2v) is 4.09. The third-order valence-electron chi connectivity index (χ3n) is 2.95. The normalized spacial score (nSPS) is 28.9. The van der Waals surface area contributed by atoms with E-state index in [-0.39, 0.29) is 5.96 Å². The first-order valence-corrected chi connectivity index (χ1v) is 5.49. The van der Waals surface area contributed by atoms with Crippen LogP contribution in [0.15, 0.2) is 4.99 Å². The molecule has 0 aliphatic heterocycles.